The largest absolute Gasteiger partial charge is 0.343 e. The van der Waals surface area contributed by atoms with Gasteiger partial charge in [0.2, 0.25) is 0 Å². The normalized spacial score (nSPS) is 14.0. The van der Waals surface area contributed by atoms with Gasteiger partial charge in [-0.05, 0) is 146 Å². The first-order valence-corrected chi connectivity index (χ1v) is 26.7. The van der Waals surface area contributed by atoms with E-state index in [2.05, 4.69) is 48.9 Å². The van der Waals surface area contributed by atoms with Crippen LogP contribution in [0.3, 0.4) is 0 Å². The summed E-state index contributed by atoms with van der Waals surface area (Å²) in [7, 11) is -8.57. The third kappa shape index (κ3) is 11.5. The molecule has 378 valence electrons. The molecule has 7 amide bonds. The lowest BCUT2D eigenvalue weighted by atomic mass is 9.99. The van der Waals surface area contributed by atoms with Crippen molar-refractivity contribution in [3.63, 3.8) is 0 Å². The maximum Gasteiger partial charge on any atom is 0.333 e. The maximum absolute atomic E-state index is 12.8. The summed E-state index contributed by atoms with van der Waals surface area (Å²) in [5.74, 6) is -1.74. The van der Waals surface area contributed by atoms with Crippen molar-refractivity contribution in [3.8, 4) is 0 Å². The van der Waals surface area contributed by atoms with E-state index in [-0.39, 0.29) is 16.3 Å². The maximum atomic E-state index is 12.8. The molecule has 10 rings (SSSR count). The molecule has 0 atom stereocenters. The van der Waals surface area contributed by atoms with Crippen LogP contribution in [-0.2, 0) is 71.4 Å². The Kier molecular flexibility index (Phi) is 14.5. The van der Waals surface area contributed by atoms with Crippen LogP contribution in [0.5, 0.6) is 0 Å². The number of sulfonamides is 2. The Labute approximate surface area is 420 Å². The summed E-state index contributed by atoms with van der Waals surface area (Å²) in [6.07, 6.45) is 15.2. The van der Waals surface area contributed by atoms with E-state index < -0.39 is 62.4 Å². The highest BCUT2D eigenvalue weighted by atomic mass is 32.2. The van der Waals surface area contributed by atoms with Crippen molar-refractivity contribution in [1.29, 1.82) is 0 Å². The number of hydrogen-bond acceptors (Lipinski definition) is 12. The van der Waals surface area contributed by atoms with Crippen molar-refractivity contribution in [1.82, 2.24) is 39.6 Å². The zero-order valence-electron chi connectivity index (χ0n) is 39.3. The van der Waals surface area contributed by atoms with Gasteiger partial charge in [0.15, 0.2) is 0 Å². The third-order valence-corrected chi connectivity index (χ3v) is 15.6. The van der Waals surface area contributed by atoms with E-state index in [0.717, 1.165) is 145 Å². The van der Waals surface area contributed by atoms with Crippen molar-refractivity contribution in [2.45, 2.75) is 86.8 Å². The fourth-order valence-corrected chi connectivity index (χ4v) is 11.3. The second kappa shape index (κ2) is 21.3. The highest BCUT2D eigenvalue weighted by Gasteiger charge is 2.29. The zero-order chi connectivity index (χ0) is 51.3. The molecular formula is C50H51N11O10S2. The van der Waals surface area contributed by atoms with Gasteiger partial charge in [-0.25, -0.2) is 50.0 Å². The topological polar surface area (TPSA) is 291 Å². The minimum atomic E-state index is -4.29. The van der Waals surface area contributed by atoms with Crippen LogP contribution in [0.15, 0.2) is 107 Å². The van der Waals surface area contributed by atoms with Gasteiger partial charge in [-0.3, -0.25) is 14.4 Å². The number of nitrogens with zero attached hydrogens (tertiary/aromatic N) is 4. The number of rotatable bonds is 12. The van der Waals surface area contributed by atoms with E-state index in [1.165, 1.54) is 22.3 Å². The lowest BCUT2D eigenvalue weighted by Gasteiger charge is -2.16. The molecule has 0 fully saturated rings. The molecule has 23 heteroatoms. The van der Waals surface area contributed by atoms with Crippen LogP contribution in [0.4, 0.5) is 31.4 Å². The van der Waals surface area contributed by atoms with E-state index in [4.69, 9.17) is 0 Å². The SMILES string of the molecule is O=C(NCC(=O)n1cc(S(=O)(=O)NC(=O)Nc2c3c(cc4c2CCC4)CCC3)cn1)Nc1ccccc1.O=C(Nc1c2c(cc3c1CCC3)CCC2)NS(=O)(=O)c1cnn(C(=O)CNC(=O)c2ccccc2)c1. The first-order chi connectivity index (χ1) is 35.1. The van der Waals surface area contributed by atoms with Gasteiger partial charge in [0.1, 0.15) is 16.3 Å². The van der Waals surface area contributed by atoms with Gasteiger partial charge in [-0.15, -0.1) is 0 Å². The smallest absolute Gasteiger partial charge is 0.333 e. The van der Waals surface area contributed by atoms with Crippen molar-refractivity contribution in [2.75, 3.05) is 29.0 Å². The molecule has 0 bridgehead atoms. The van der Waals surface area contributed by atoms with Crippen LogP contribution in [0.1, 0.15) is 90.1 Å². The molecule has 0 spiro atoms. The van der Waals surface area contributed by atoms with E-state index in [1.807, 2.05) is 9.44 Å². The van der Waals surface area contributed by atoms with Gasteiger partial charge < -0.3 is 26.6 Å². The number of hydrogen-bond donors (Lipinski definition) is 7. The Morgan fingerprint density at radius 3 is 1.30 bits per heavy atom. The van der Waals surface area contributed by atoms with Gasteiger partial charge in [0.25, 0.3) is 37.8 Å². The van der Waals surface area contributed by atoms with Gasteiger partial charge in [0, 0.05) is 22.6 Å². The van der Waals surface area contributed by atoms with Crippen LogP contribution < -0.4 is 36.0 Å². The van der Waals surface area contributed by atoms with Crippen LogP contribution in [-0.4, -0.2) is 85.3 Å². The van der Waals surface area contributed by atoms with E-state index in [0.29, 0.717) is 11.3 Å². The number of amides is 7. The van der Waals surface area contributed by atoms with E-state index in [9.17, 15) is 45.6 Å². The lowest BCUT2D eigenvalue weighted by molar-refractivity contribution is 0.0850. The van der Waals surface area contributed by atoms with Crippen molar-refractivity contribution in [2.24, 2.45) is 0 Å². The molecule has 6 aromatic rings. The van der Waals surface area contributed by atoms with Gasteiger partial charge in [-0.2, -0.15) is 10.2 Å². The quantitative estimate of drug-likeness (QED) is 0.0825. The predicted octanol–water partition coefficient (Wildman–Crippen LogP) is 5.27. The van der Waals surface area contributed by atoms with Crippen LogP contribution in [0, 0.1) is 0 Å². The lowest BCUT2D eigenvalue weighted by Crippen LogP contribution is -2.36. The number of aryl methyl sites for hydroxylation is 4. The van der Waals surface area contributed by atoms with Crippen LogP contribution in [0.25, 0.3) is 0 Å². The summed E-state index contributed by atoms with van der Waals surface area (Å²) in [6, 6.07) is 19.2. The molecule has 0 unspecified atom stereocenters. The Bertz CT molecular complexity index is 3330. The molecule has 73 heavy (non-hydrogen) atoms. The number of fused-ring (bicyclic) bond motifs is 4. The number of anilines is 3. The molecular weight excluding hydrogens is 979 g/mol. The molecule has 4 aliphatic rings. The summed E-state index contributed by atoms with van der Waals surface area (Å²) in [4.78, 5) is 73.6. The molecule has 0 radical (unpaired) electrons. The second-order valence-corrected chi connectivity index (χ2v) is 21.2. The van der Waals surface area contributed by atoms with Crippen molar-refractivity contribution < 1.29 is 45.6 Å². The molecule has 2 aromatic heterocycles. The number of aromatic nitrogens is 4. The minimum Gasteiger partial charge on any atom is -0.343 e. The average Bonchev–Trinajstić information content (AvgIpc) is 4.24. The number of benzene rings is 4. The predicted molar refractivity (Wildman–Crippen MR) is 268 cm³/mol. The fraction of sp³-hybridized carbons (Fsp3) is 0.280. The molecule has 0 saturated carbocycles. The summed E-state index contributed by atoms with van der Waals surface area (Å²) >= 11 is 0. The Balaban J connectivity index is 0.000000180. The van der Waals surface area contributed by atoms with E-state index >= 15 is 0 Å². The summed E-state index contributed by atoms with van der Waals surface area (Å²) in [5.41, 5.74) is 11.6. The highest BCUT2D eigenvalue weighted by molar-refractivity contribution is 7.90. The van der Waals surface area contributed by atoms with Gasteiger partial charge in [-0.1, -0.05) is 48.5 Å². The van der Waals surface area contributed by atoms with Crippen molar-refractivity contribution in [3.05, 3.63) is 148 Å². The van der Waals surface area contributed by atoms with Crippen LogP contribution >= 0.6 is 0 Å². The molecule has 4 aromatic carbocycles. The second-order valence-electron chi connectivity index (χ2n) is 17.8. The zero-order valence-corrected chi connectivity index (χ0v) is 41.0. The average molecular weight is 1030 g/mol. The van der Waals surface area contributed by atoms with Crippen LogP contribution in [0.2, 0.25) is 0 Å². The Morgan fingerprint density at radius 1 is 0.479 bits per heavy atom. The number of carbonyl (C=O) groups excluding carboxylic acids is 6. The first kappa shape index (κ1) is 49.8. The van der Waals surface area contributed by atoms with E-state index in [1.54, 1.807) is 60.7 Å². The monoisotopic (exact) mass is 1030 g/mol. The van der Waals surface area contributed by atoms with Gasteiger partial charge in [0.05, 0.1) is 31.3 Å². The highest BCUT2D eigenvalue weighted by Crippen LogP contribution is 2.40. The summed E-state index contributed by atoms with van der Waals surface area (Å²) < 4.78 is 56.8. The number of carbonyl (C=O) groups is 6. The Morgan fingerprint density at radius 2 is 0.877 bits per heavy atom. The molecule has 4 aliphatic carbocycles. The number of nitrogens with one attached hydrogen (secondary N) is 7. The fourth-order valence-electron chi connectivity index (χ4n) is 9.60. The molecule has 21 nitrogen and oxygen atoms in total. The standard InChI is InChI=1S/C25H26N6O5S.C25H25N5O5S/c32-22(14-26-24(33)28-18-8-2-1-3-9-18)31-15-19(13-27-31)37(35,36)30-25(34)29-23-20-10-4-6-16(20)12-17-7-5-11-21(17)23;31-22(14-26-24(32)16-6-2-1-3-7-16)30-15-19(13-27-30)36(34,35)29-25(33)28-23-20-10-4-8-17(20)12-18-9-5-11-21(18)23/h1-3,8-9,12-13,15H,4-7,10-11,14H2,(H2,26,28,33)(H2,29,30,34);1-3,6-7,12-13,15H,4-5,8-11,14H2,(H,26,32)(H2,28,29,33). The number of para-hydroxylation sites is 1. The molecule has 7 N–H and O–H groups in total. The molecule has 2 heterocycles. The summed E-state index contributed by atoms with van der Waals surface area (Å²) in [5, 5.41) is 20.5. The third-order valence-electron chi connectivity index (χ3n) is 13.0. The Hall–Kier alpha value is -8.18. The molecule has 0 saturated heterocycles. The summed E-state index contributed by atoms with van der Waals surface area (Å²) in [6.45, 7) is -0.801. The van der Waals surface area contributed by atoms with Gasteiger partial charge >= 0.3 is 18.1 Å². The van der Waals surface area contributed by atoms with Crippen molar-refractivity contribution >= 4 is 72.9 Å². The molecule has 0 aliphatic heterocycles. The number of urea groups is 3. The minimum absolute atomic E-state index is 0.344. The first-order valence-electron chi connectivity index (χ1n) is 23.7.